The van der Waals surface area contributed by atoms with Gasteiger partial charge in [-0.2, -0.15) is 4.31 Å². The standard InChI is InChI=1S/C25H23Cl2N3O5S/c1-29(36(33,34)23-13-18(26)11-12-19(23)27)16-24(31)30-15-22(35-21-10-6-5-9-20(21)30)25(32)28-14-17-7-3-2-4-8-17/h2-13,22H,14-16H2,1H3,(H,28,32)/t22-/m1/s1. The summed E-state index contributed by atoms with van der Waals surface area (Å²) in [5.74, 6) is -0.575. The molecule has 0 radical (unpaired) electrons. The molecule has 4 rings (SSSR count). The molecule has 11 heteroatoms. The van der Waals surface area contributed by atoms with Crippen LogP contribution in [-0.2, 0) is 26.2 Å². The van der Waals surface area contributed by atoms with Gasteiger partial charge in [0.05, 0.1) is 23.8 Å². The first-order chi connectivity index (χ1) is 17.2. The van der Waals surface area contributed by atoms with Gasteiger partial charge in [0.15, 0.2) is 6.10 Å². The van der Waals surface area contributed by atoms with Crippen molar-refractivity contribution in [3.8, 4) is 5.75 Å². The van der Waals surface area contributed by atoms with E-state index in [4.69, 9.17) is 27.9 Å². The Labute approximate surface area is 219 Å². The highest BCUT2D eigenvalue weighted by Crippen LogP contribution is 2.34. The second-order valence-corrected chi connectivity index (χ2v) is 11.0. The molecule has 0 saturated carbocycles. The molecule has 0 aromatic heterocycles. The molecule has 36 heavy (non-hydrogen) atoms. The number of para-hydroxylation sites is 2. The van der Waals surface area contributed by atoms with Crippen LogP contribution < -0.4 is 15.0 Å². The third kappa shape index (κ3) is 5.65. The van der Waals surface area contributed by atoms with Crippen LogP contribution in [0.3, 0.4) is 0 Å². The summed E-state index contributed by atoms with van der Waals surface area (Å²) in [4.78, 5) is 27.4. The van der Waals surface area contributed by atoms with Crippen molar-refractivity contribution in [1.82, 2.24) is 9.62 Å². The van der Waals surface area contributed by atoms with E-state index in [1.54, 1.807) is 24.3 Å². The van der Waals surface area contributed by atoms with E-state index in [2.05, 4.69) is 5.32 Å². The Kier molecular flexibility index (Phi) is 7.85. The first-order valence-electron chi connectivity index (χ1n) is 11.0. The van der Waals surface area contributed by atoms with Gasteiger partial charge in [-0.3, -0.25) is 9.59 Å². The minimum atomic E-state index is -4.11. The van der Waals surface area contributed by atoms with Gasteiger partial charge in [0.2, 0.25) is 15.9 Å². The van der Waals surface area contributed by atoms with Crippen LogP contribution in [0.2, 0.25) is 10.0 Å². The normalized spacial score (nSPS) is 15.2. The molecule has 0 spiro atoms. The maximum absolute atomic E-state index is 13.3. The molecule has 0 fully saturated rings. The van der Waals surface area contributed by atoms with Gasteiger partial charge in [-0.25, -0.2) is 8.42 Å². The maximum Gasteiger partial charge on any atom is 0.263 e. The predicted molar refractivity (Wildman–Crippen MR) is 138 cm³/mol. The minimum absolute atomic E-state index is 0.00873. The van der Waals surface area contributed by atoms with Crippen LogP contribution in [0.5, 0.6) is 5.75 Å². The molecule has 188 valence electrons. The Hall–Kier alpha value is -3.11. The number of hydrogen-bond acceptors (Lipinski definition) is 5. The molecule has 1 aliphatic heterocycles. The summed E-state index contributed by atoms with van der Waals surface area (Å²) in [6.45, 7) is -0.267. The summed E-state index contributed by atoms with van der Waals surface area (Å²) >= 11 is 12.0. The largest absolute Gasteiger partial charge is 0.477 e. The molecule has 1 aliphatic rings. The second-order valence-electron chi connectivity index (χ2n) is 8.12. The number of fused-ring (bicyclic) bond motifs is 1. The number of nitrogens with one attached hydrogen (secondary N) is 1. The Balaban J connectivity index is 1.51. The number of nitrogens with zero attached hydrogens (tertiary/aromatic N) is 2. The fourth-order valence-electron chi connectivity index (χ4n) is 3.71. The monoisotopic (exact) mass is 547 g/mol. The van der Waals surface area contributed by atoms with Crippen molar-refractivity contribution in [2.75, 3.05) is 25.0 Å². The molecule has 0 bridgehead atoms. The number of hydrogen-bond donors (Lipinski definition) is 1. The van der Waals surface area contributed by atoms with E-state index < -0.39 is 34.5 Å². The SMILES string of the molecule is CN(CC(=O)N1C[C@H](C(=O)NCc2ccccc2)Oc2ccccc21)S(=O)(=O)c1cc(Cl)ccc1Cl. The summed E-state index contributed by atoms with van der Waals surface area (Å²) in [6.07, 6.45) is -0.975. The summed E-state index contributed by atoms with van der Waals surface area (Å²) in [5.41, 5.74) is 1.36. The van der Waals surface area contributed by atoms with E-state index in [-0.39, 0.29) is 21.5 Å². The number of amides is 2. The molecule has 1 atom stereocenters. The van der Waals surface area contributed by atoms with Crippen molar-refractivity contribution in [3.05, 3.63) is 88.4 Å². The van der Waals surface area contributed by atoms with Gasteiger partial charge in [0.25, 0.3) is 5.91 Å². The molecule has 0 saturated heterocycles. The lowest BCUT2D eigenvalue weighted by Gasteiger charge is -2.35. The van der Waals surface area contributed by atoms with E-state index in [1.807, 2.05) is 30.3 Å². The molecular weight excluding hydrogens is 525 g/mol. The molecule has 2 amide bonds. The number of carbonyl (C=O) groups excluding carboxylic acids is 2. The quantitative estimate of drug-likeness (QED) is 0.486. The highest BCUT2D eigenvalue weighted by Gasteiger charge is 2.35. The number of rotatable bonds is 7. The number of sulfonamides is 1. The topological polar surface area (TPSA) is 96.0 Å². The Bertz CT molecular complexity index is 1390. The van der Waals surface area contributed by atoms with E-state index in [0.29, 0.717) is 18.0 Å². The highest BCUT2D eigenvalue weighted by molar-refractivity contribution is 7.89. The van der Waals surface area contributed by atoms with E-state index in [1.165, 1.54) is 30.1 Å². The van der Waals surface area contributed by atoms with Crippen molar-refractivity contribution in [1.29, 1.82) is 0 Å². The lowest BCUT2D eigenvalue weighted by Crippen LogP contribution is -2.52. The Morgan fingerprint density at radius 3 is 2.50 bits per heavy atom. The Morgan fingerprint density at radius 1 is 1.06 bits per heavy atom. The van der Waals surface area contributed by atoms with E-state index in [0.717, 1.165) is 9.87 Å². The van der Waals surface area contributed by atoms with Crippen molar-refractivity contribution < 1.29 is 22.7 Å². The fourth-order valence-corrected chi connectivity index (χ4v) is 5.56. The number of benzene rings is 3. The first-order valence-corrected chi connectivity index (χ1v) is 13.2. The first kappa shape index (κ1) is 26.0. The van der Waals surface area contributed by atoms with Gasteiger partial charge in [-0.05, 0) is 35.9 Å². The average Bonchev–Trinajstić information content (AvgIpc) is 2.88. The minimum Gasteiger partial charge on any atom is -0.477 e. The van der Waals surface area contributed by atoms with Crippen molar-refractivity contribution in [2.45, 2.75) is 17.5 Å². The molecule has 1 heterocycles. The number of carbonyl (C=O) groups is 2. The molecule has 3 aromatic rings. The van der Waals surface area contributed by atoms with Crippen LogP contribution in [0.1, 0.15) is 5.56 Å². The van der Waals surface area contributed by atoms with Crippen molar-refractivity contribution >= 4 is 50.7 Å². The third-order valence-corrected chi connectivity index (χ3v) is 8.14. The van der Waals surface area contributed by atoms with Gasteiger partial charge in [-0.1, -0.05) is 65.7 Å². The lowest BCUT2D eigenvalue weighted by molar-refractivity contribution is -0.128. The fraction of sp³-hybridized carbons (Fsp3) is 0.200. The van der Waals surface area contributed by atoms with Crippen LogP contribution >= 0.6 is 23.2 Å². The molecule has 8 nitrogen and oxygen atoms in total. The molecule has 1 N–H and O–H groups in total. The zero-order valence-electron chi connectivity index (χ0n) is 19.2. The number of likely N-dealkylation sites (N-methyl/N-ethyl adjacent to an activating group) is 1. The Morgan fingerprint density at radius 2 is 1.75 bits per heavy atom. The zero-order valence-corrected chi connectivity index (χ0v) is 21.6. The molecule has 0 unspecified atom stereocenters. The van der Waals surface area contributed by atoms with E-state index in [9.17, 15) is 18.0 Å². The maximum atomic E-state index is 13.3. The predicted octanol–water partition coefficient (Wildman–Crippen LogP) is 3.72. The molecule has 3 aromatic carbocycles. The van der Waals surface area contributed by atoms with Gasteiger partial charge >= 0.3 is 0 Å². The van der Waals surface area contributed by atoms with Crippen LogP contribution in [0.25, 0.3) is 0 Å². The summed E-state index contributed by atoms with van der Waals surface area (Å²) < 4.78 is 32.9. The summed E-state index contributed by atoms with van der Waals surface area (Å²) in [7, 11) is -2.83. The van der Waals surface area contributed by atoms with Gasteiger partial charge in [0.1, 0.15) is 10.6 Å². The molecule has 0 aliphatic carbocycles. The number of halogens is 2. The van der Waals surface area contributed by atoms with Gasteiger partial charge in [0, 0.05) is 18.6 Å². The zero-order chi connectivity index (χ0) is 25.9. The van der Waals surface area contributed by atoms with E-state index >= 15 is 0 Å². The second kappa shape index (κ2) is 10.9. The summed E-state index contributed by atoms with van der Waals surface area (Å²) in [5, 5.41) is 3.01. The van der Waals surface area contributed by atoms with Crippen LogP contribution in [-0.4, -0.2) is 50.8 Å². The lowest BCUT2D eigenvalue weighted by atomic mass is 10.1. The smallest absolute Gasteiger partial charge is 0.263 e. The van der Waals surface area contributed by atoms with Gasteiger partial charge in [-0.15, -0.1) is 0 Å². The number of anilines is 1. The third-order valence-electron chi connectivity index (χ3n) is 5.62. The number of ether oxygens (including phenoxy) is 1. The van der Waals surface area contributed by atoms with Gasteiger partial charge < -0.3 is 15.0 Å². The van der Waals surface area contributed by atoms with Crippen molar-refractivity contribution in [3.63, 3.8) is 0 Å². The van der Waals surface area contributed by atoms with Crippen LogP contribution in [0.15, 0.2) is 77.7 Å². The molecular formula is C25H23Cl2N3O5S. The highest BCUT2D eigenvalue weighted by atomic mass is 35.5. The van der Waals surface area contributed by atoms with Crippen molar-refractivity contribution in [2.24, 2.45) is 0 Å². The summed E-state index contributed by atoms with van der Waals surface area (Å²) in [6, 6.07) is 20.3. The van der Waals surface area contributed by atoms with Crippen LogP contribution in [0.4, 0.5) is 5.69 Å². The average molecular weight is 548 g/mol. The van der Waals surface area contributed by atoms with Crippen LogP contribution in [0, 0.1) is 0 Å².